The molecule has 0 bridgehead atoms. The molecule has 0 aliphatic heterocycles. The van der Waals surface area contributed by atoms with Crippen LogP contribution in [-0.2, 0) is 0 Å². The molecule has 5 nitrogen and oxygen atoms in total. The molecule has 0 spiro atoms. The molecule has 0 aliphatic rings. The second kappa shape index (κ2) is 5.69. The molecule has 0 atom stereocenters. The molecule has 0 aliphatic carbocycles. The quantitative estimate of drug-likeness (QED) is 0.695. The maximum atomic E-state index is 13.0. The van der Waals surface area contributed by atoms with E-state index < -0.39 is 5.91 Å². The summed E-state index contributed by atoms with van der Waals surface area (Å²) < 4.78 is 13.0. The highest BCUT2D eigenvalue weighted by Crippen LogP contribution is 2.24. The molecule has 22 heavy (non-hydrogen) atoms. The van der Waals surface area contributed by atoms with Gasteiger partial charge in [0.15, 0.2) is 0 Å². The van der Waals surface area contributed by atoms with E-state index in [1.165, 1.54) is 36.8 Å². The molecule has 2 heterocycles. The second-order valence-corrected chi connectivity index (χ2v) is 4.67. The Bertz CT molecular complexity index is 865. The van der Waals surface area contributed by atoms with Crippen LogP contribution in [0, 0.1) is 5.82 Å². The van der Waals surface area contributed by atoms with Gasteiger partial charge in [-0.25, -0.2) is 4.39 Å². The molecule has 0 saturated heterocycles. The number of hydrogen-bond acceptors (Lipinski definition) is 2. The van der Waals surface area contributed by atoms with Crippen molar-refractivity contribution >= 4 is 11.6 Å². The average molecular weight is 297 g/mol. The van der Waals surface area contributed by atoms with Crippen molar-refractivity contribution in [2.75, 3.05) is 5.32 Å². The van der Waals surface area contributed by atoms with E-state index in [1.807, 2.05) is 0 Å². The zero-order valence-corrected chi connectivity index (χ0v) is 11.4. The molecule has 3 N–H and O–H groups in total. The molecular formula is C16H12FN3O2. The van der Waals surface area contributed by atoms with Gasteiger partial charge in [0.05, 0.1) is 5.56 Å². The fourth-order valence-electron chi connectivity index (χ4n) is 2.12. The van der Waals surface area contributed by atoms with E-state index in [0.29, 0.717) is 16.7 Å². The predicted octanol–water partition coefficient (Wildman–Crippen LogP) is 2.76. The van der Waals surface area contributed by atoms with Gasteiger partial charge in [-0.2, -0.15) is 0 Å². The standard InChI is InChI=1S/C16H12FN3O2/c17-11-3-1-10(2-4-11)12-7-19-8-13(12)16(22)20-14-9-18-6-5-15(14)21/h1-9,19H,(H,18,21)(H,20,22). The van der Waals surface area contributed by atoms with Gasteiger partial charge in [0.25, 0.3) is 5.91 Å². The lowest BCUT2D eigenvalue weighted by Gasteiger charge is -2.06. The SMILES string of the molecule is O=C(Nc1c[nH]ccc1=O)c1c[nH]cc1-c1ccc(F)cc1. The summed E-state index contributed by atoms with van der Waals surface area (Å²) in [5.41, 5.74) is 1.58. The number of carbonyl (C=O) groups is 1. The lowest BCUT2D eigenvalue weighted by atomic mass is 10.0. The second-order valence-electron chi connectivity index (χ2n) is 4.67. The number of aromatic amines is 2. The summed E-state index contributed by atoms with van der Waals surface area (Å²) in [4.78, 5) is 29.6. The molecule has 110 valence electrons. The molecule has 0 fully saturated rings. The van der Waals surface area contributed by atoms with Crippen molar-refractivity contribution in [3.05, 3.63) is 76.7 Å². The Morgan fingerprint density at radius 2 is 1.77 bits per heavy atom. The molecule has 3 aromatic rings. The van der Waals surface area contributed by atoms with Gasteiger partial charge >= 0.3 is 0 Å². The summed E-state index contributed by atoms with van der Waals surface area (Å²) in [5.74, 6) is -0.765. The number of carbonyl (C=O) groups excluding carboxylic acids is 1. The van der Waals surface area contributed by atoms with E-state index in [9.17, 15) is 14.0 Å². The Morgan fingerprint density at radius 1 is 1.00 bits per heavy atom. The molecule has 1 amide bonds. The lowest BCUT2D eigenvalue weighted by molar-refractivity contribution is 0.102. The average Bonchev–Trinajstić information content (AvgIpc) is 3.00. The number of hydrogen-bond donors (Lipinski definition) is 3. The van der Waals surface area contributed by atoms with Crippen LogP contribution in [0.5, 0.6) is 0 Å². The number of pyridine rings is 1. The van der Waals surface area contributed by atoms with Crippen molar-refractivity contribution in [1.29, 1.82) is 0 Å². The van der Waals surface area contributed by atoms with Crippen molar-refractivity contribution in [3.63, 3.8) is 0 Å². The number of amides is 1. The number of rotatable bonds is 3. The smallest absolute Gasteiger partial charge is 0.257 e. The first-order chi connectivity index (χ1) is 10.6. The number of nitrogens with one attached hydrogen (secondary N) is 3. The molecule has 3 rings (SSSR count). The maximum Gasteiger partial charge on any atom is 0.257 e. The molecular weight excluding hydrogens is 285 g/mol. The first kappa shape index (κ1) is 13.8. The molecule has 1 aromatic carbocycles. The van der Waals surface area contributed by atoms with Gasteiger partial charge < -0.3 is 15.3 Å². The number of halogens is 1. The Kier molecular flexibility index (Phi) is 3.57. The third-order valence-electron chi connectivity index (χ3n) is 3.22. The van der Waals surface area contributed by atoms with E-state index in [4.69, 9.17) is 0 Å². The fourth-order valence-corrected chi connectivity index (χ4v) is 2.12. The van der Waals surface area contributed by atoms with Crippen LogP contribution < -0.4 is 10.7 Å². The molecule has 0 saturated carbocycles. The minimum Gasteiger partial charge on any atom is -0.366 e. The number of H-pyrrole nitrogens is 2. The van der Waals surface area contributed by atoms with Crippen LogP contribution in [0.1, 0.15) is 10.4 Å². The molecule has 0 unspecified atom stereocenters. The predicted molar refractivity (Wildman–Crippen MR) is 81.2 cm³/mol. The third kappa shape index (κ3) is 2.67. The molecule has 2 aromatic heterocycles. The normalized spacial score (nSPS) is 10.4. The van der Waals surface area contributed by atoms with Gasteiger partial charge in [-0.1, -0.05) is 12.1 Å². The minimum absolute atomic E-state index is 0.166. The van der Waals surface area contributed by atoms with E-state index in [-0.39, 0.29) is 16.9 Å². The van der Waals surface area contributed by atoms with Gasteiger partial charge in [0, 0.05) is 36.4 Å². The first-order valence-electron chi connectivity index (χ1n) is 6.56. The van der Waals surface area contributed by atoms with Crippen LogP contribution in [0.15, 0.2) is 59.9 Å². The van der Waals surface area contributed by atoms with E-state index in [0.717, 1.165) is 0 Å². The van der Waals surface area contributed by atoms with Crippen LogP contribution in [0.4, 0.5) is 10.1 Å². The zero-order valence-electron chi connectivity index (χ0n) is 11.4. The summed E-state index contributed by atoms with van der Waals surface area (Å²) >= 11 is 0. The summed E-state index contributed by atoms with van der Waals surface area (Å²) in [6, 6.07) is 7.15. The molecule has 6 heteroatoms. The van der Waals surface area contributed by atoms with Crippen molar-refractivity contribution in [3.8, 4) is 11.1 Å². The van der Waals surface area contributed by atoms with E-state index in [1.54, 1.807) is 18.3 Å². The largest absolute Gasteiger partial charge is 0.366 e. The Labute approximate surface area is 124 Å². The van der Waals surface area contributed by atoms with Crippen LogP contribution in [0.25, 0.3) is 11.1 Å². The highest BCUT2D eigenvalue weighted by atomic mass is 19.1. The van der Waals surface area contributed by atoms with E-state index in [2.05, 4.69) is 15.3 Å². The number of benzene rings is 1. The zero-order chi connectivity index (χ0) is 15.5. The van der Waals surface area contributed by atoms with Gasteiger partial charge in [-0.3, -0.25) is 9.59 Å². The Hall–Kier alpha value is -3.15. The van der Waals surface area contributed by atoms with Crippen LogP contribution in [0.2, 0.25) is 0 Å². The molecule has 0 radical (unpaired) electrons. The van der Waals surface area contributed by atoms with Crippen molar-refractivity contribution in [2.45, 2.75) is 0 Å². The topological polar surface area (TPSA) is 77.8 Å². The Morgan fingerprint density at radius 3 is 2.50 bits per heavy atom. The fraction of sp³-hybridized carbons (Fsp3) is 0. The lowest BCUT2D eigenvalue weighted by Crippen LogP contribution is -2.18. The van der Waals surface area contributed by atoms with Crippen LogP contribution >= 0.6 is 0 Å². The Balaban J connectivity index is 1.91. The van der Waals surface area contributed by atoms with Crippen molar-refractivity contribution < 1.29 is 9.18 Å². The van der Waals surface area contributed by atoms with Crippen LogP contribution in [-0.4, -0.2) is 15.9 Å². The van der Waals surface area contributed by atoms with Crippen molar-refractivity contribution in [2.24, 2.45) is 0 Å². The highest BCUT2D eigenvalue weighted by molar-refractivity contribution is 6.08. The summed E-state index contributed by atoms with van der Waals surface area (Å²) in [6.07, 6.45) is 6.09. The summed E-state index contributed by atoms with van der Waals surface area (Å²) in [5, 5.41) is 2.56. The van der Waals surface area contributed by atoms with Gasteiger partial charge in [-0.05, 0) is 17.7 Å². The monoisotopic (exact) mass is 297 g/mol. The van der Waals surface area contributed by atoms with Gasteiger partial charge in [0.2, 0.25) is 5.43 Å². The maximum absolute atomic E-state index is 13.0. The minimum atomic E-state index is -0.419. The van der Waals surface area contributed by atoms with Crippen molar-refractivity contribution in [1.82, 2.24) is 9.97 Å². The summed E-state index contributed by atoms with van der Waals surface area (Å²) in [6.45, 7) is 0. The highest BCUT2D eigenvalue weighted by Gasteiger charge is 2.15. The number of aromatic nitrogens is 2. The first-order valence-corrected chi connectivity index (χ1v) is 6.56. The van der Waals surface area contributed by atoms with Gasteiger partial charge in [0.1, 0.15) is 11.5 Å². The van der Waals surface area contributed by atoms with Crippen LogP contribution in [0.3, 0.4) is 0 Å². The van der Waals surface area contributed by atoms with Gasteiger partial charge in [-0.15, -0.1) is 0 Å². The van der Waals surface area contributed by atoms with E-state index >= 15 is 0 Å². The third-order valence-corrected chi connectivity index (χ3v) is 3.22. The number of anilines is 1. The summed E-state index contributed by atoms with van der Waals surface area (Å²) in [7, 11) is 0.